The minimum absolute atomic E-state index is 0.00823. The Kier molecular flexibility index (Phi) is 3.96. The molecule has 7 nitrogen and oxygen atoms in total. The maximum absolute atomic E-state index is 12.6. The van der Waals surface area contributed by atoms with Gasteiger partial charge in [0.2, 0.25) is 0 Å². The molecule has 7 heteroatoms. The number of H-pyrrole nitrogens is 1. The maximum atomic E-state index is 12.6. The van der Waals surface area contributed by atoms with E-state index in [2.05, 4.69) is 20.6 Å². The standard InChI is InChI=1S/C19H16N4O3/c1-11(2)25-16-6-4-3-5-14(16)18-10-15(24)13-8-7-12(9-17(13)26-18)19-20-22-23-21-19/h3-11H,1-2H3,(H,20,21,22,23). The third kappa shape index (κ3) is 2.95. The second-order valence-corrected chi connectivity index (χ2v) is 6.10. The monoisotopic (exact) mass is 348 g/mol. The van der Waals surface area contributed by atoms with Gasteiger partial charge in [-0.15, -0.1) is 5.10 Å². The van der Waals surface area contributed by atoms with E-state index in [0.717, 1.165) is 11.1 Å². The van der Waals surface area contributed by atoms with Crippen molar-refractivity contribution in [3.8, 4) is 28.5 Å². The highest BCUT2D eigenvalue weighted by Crippen LogP contribution is 2.32. The average Bonchev–Trinajstić information content (AvgIpc) is 3.16. The predicted molar refractivity (Wildman–Crippen MR) is 96.9 cm³/mol. The number of hydrogen-bond acceptors (Lipinski definition) is 6. The molecule has 0 aliphatic heterocycles. The van der Waals surface area contributed by atoms with Crippen molar-refractivity contribution in [3.63, 3.8) is 0 Å². The molecule has 0 radical (unpaired) electrons. The van der Waals surface area contributed by atoms with Crippen LogP contribution in [0.3, 0.4) is 0 Å². The largest absolute Gasteiger partial charge is 0.490 e. The molecule has 130 valence electrons. The van der Waals surface area contributed by atoms with E-state index in [1.165, 1.54) is 6.07 Å². The molecule has 2 aromatic heterocycles. The summed E-state index contributed by atoms with van der Waals surface area (Å²) >= 11 is 0. The molecule has 4 aromatic rings. The van der Waals surface area contributed by atoms with Gasteiger partial charge >= 0.3 is 0 Å². The van der Waals surface area contributed by atoms with Crippen molar-refractivity contribution in [1.29, 1.82) is 0 Å². The molecular weight excluding hydrogens is 332 g/mol. The fraction of sp³-hybridized carbons (Fsp3) is 0.158. The zero-order chi connectivity index (χ0) is 18.1. The zero-order valence-electron chi connectivity index (χ0n) is 14.3. The second-order valence-electron chi connectivity index (χ2n) is 6.10. The fourth-order valence-electron chi connectivity index (χ4n) is 2.74. The lowest BCUT2D eigenvalue weighted by Crippen LogP contribution is -2.07. The molecule has 2 aromatic carbocycles. The number of benzene rings is 2. The van der Waals surface area contributed by atoms with Gasteiger partial charge in [0.25, 0.3) is 0 Å². The molecule has 0 bridgehead atoms. The summed E-state index contributed by atoms with van der Waals surface area (Å²) < 4.78 is 11.9. The topological polar surface area (TPSA) is 93.9 Å². The van der Waals surface area contributed by atoms with Gasteiger partial charge in [0.15, 0.2) is 11.3 Å². The van der Waals surface area contributed by atoms with E-state index in [-0.39, 0.29) is 11.5 Å². The maximum Gasteiger partial charge on any atom is 0.193 e. The molecule has 26 heavy (non-hydrogen) atoms. The summed E-state index contributed by atoms with van der Waals surface area (Å²) in [5, 5.41) is 14.2. The summed E-state index contributed by atoms with van der Waals surface area (Å²) in [4.78, 5) is 12.6. The Bertz CT molecular complexity index is 1120. The van der Waals surface area contributed by atoms with Crippen molar-refractivity contribution >= 4 is 11.0 Å². The number of nitrogens with one attached hydrogen (secondary N) is 1. The Labute approximate surface area is 148 Å². The van der Waals surface area contributed by atoms with Gasteiger partial charge in [-0.1, -0.05) is 18.2 Å². The van der Waals surface area contributed by atoms with E-state index in [1.807, 2.05) is 38.1 Å². The predicted octanol–water partition coefficient (Wildman–Crippen LogP) is 3.43. The third-order valence-electron chi connectivity index (χ3n) is 3.86. The van der Waals surface area contributed by atoms with Gasteiger partial charge < -0.3 is 9.15 Å². The summed E-state index contributed by atoms with van der Waals surface area (Å²) in [6.45, 7) is 3.90. The number of hydrogen-bond donors (Lipinski definition) is 1. The number of tetrazole rings is 1. The van der Waals surface area contributed by atoms with Crippen molar-refractivity contribution < 1.29 is 9.15 Å². The van der Waals surface area contributed by atoms with Crippen molar-refractivity contribution in [1.82, 2.24) is 20.6 Å². The van der Waals surface area contributed by atoms with Gasteiger partial charge in [-0.25, -0.2) is 5.10 Å². The van der Waals surface area contributed by atoms with Crippen molar-refractivity contribution in [2.75, 3.05) is 0 Å². The number of nitrogens with zero attached hydrogens (tertiary/aromatic N) is 3. The number of rotatable bonds is 4. The first kappa shape index (κ1) is 16.0. The number of ether oxygens (including phenoxy) is 1. The Morgan fingerprint density at radius 3 is 2.73 bits per heavy atom. The number of para-hydroxylation sites is 1. The molecule has 2 heterocycles. The van der Waals surface area contributed by atoms with E-state index >= 15 is 0 Å². The Hall–Kier alpha value is -3.48. The highest BCUT2D eigenvalue weighted by Gasteiger charge is 2.13. The lowest BCUT2D eigenvalue weighted by molar-refractivity contribution is 0.243. The molecule has 4 rings (SSSR count). The fourth-order valence-corrected chi connectivity index (χ4v) is 2.74. The molecule has 0 spiro atoms. The van der Waals surface area contributed by atoms with Gasteiger partial charge in [0.1, 0.15) is 17.1 Å². The minimum atomic E-state index is -0.122. The Morgan fingerprint density at radius 2 is 1.96 bits per heavy atom. The first-order chi connectivity index (χ1) is 12.6. The Balaban J connectivity index is 1.88. The van der Waals surface area contributed by atoms with Gasteiger partial charge in [-0.3, -0.25) is 4.79 Å². The molecule has 0 aliphatic carbocycles. The van der Waals surface area contributed by atoms with Crippen LogP contribution in [0.2, 0.25) is 0 Å². The van der Waals surface area contributed by atoms with Crippen LogP contribution in [0.1, 0.15) is 13.8 Å². The quantitative estimate of drug-likeness (QED) is 0.607. The summed E-state index contributed by atoms with van der Waals surface area (Å²) in [7, 11) is 0. The summed E-state index contributed by atoms with van der Waals surface area (Å²) in [5.41, 5.74) is 1.80. The first-order valence-corrected chi connectivity index (χ1v) is 8.20. The van der Waals surface area contributed by atoms with Crippen LogP contribution < -0.4 is 10.2 Å². The van der Waals surface area contributed by atoms with E-state index in [4.69, 9.17) is 9.15 Å². The lowest BCUT2D eigenvalue weighted by atomic mass is 10.1. The summed E-state index contributed by atoms with van der Waals surface area (Å²) in [5.74, 6) is 1.62. The second kappa shape index (κ2) is 6.44. The molecule has 1 N–H and O–H groups in total. The molecule has 0 saturated heterocycles. The number of aromatic nitrogens is 4. The van der Waals surface area contributed by atoms with E-state index < -0.39 is 0 Å². The highest BCUT2D eigenvalue weighted by molar-refractivity contribution is 5.83. The van der Waals surface area contributed by atoms with Gasteiger partial charge in [-0.2, -0.15) is 0 Å². The van der Waals surface area contributed by atoms with Crippen molar-refractivity contribution in [2.24, 2.45) is 0 Å². The van der Waals surface area contributed by atoms with Crippen LogP contribution in [0.15, 0.2) is 57.7 Å². The first-order valence-electron chi connectivity index (χ1n) is 8.20. The van der Waals surface area contributed by atoms with Gasteiger partial charge in [0, 0.05) is 11.6 Å². The molecule has 0 atom stereocenters. The van der Waals surface area contributed by atoms with E-state index in [0.29, 0.717) is 28.3 Å². The van der Waals surface area contributed by atoms with Crippen LogP contribution in [-0.4, -0.2) is 26.7 Å². The van der Waals surface area contributed by atoms with Crippen LogP contribution in [0.5, 0.6) is 5.75 Å². The SMILES string of the molecule is CC(C)Oc1ccccc1-c1cc(=O)c2ccc(-c3nnn[nH]3)cc2o1. The van der Waals surface area contributed by atoms with Crippen LogP contribution in [0, 0.1) is 0 Å². The lowest BCUT2D eigenvalue weighted by Gasteiger charge is -2.13. The molecule has 0 amide bonds. The highest BCUT2D eigenvalue weighted by atomic mass is 16.5. The molecule has 0 unspecified atom stereocenters. The zero-order valence-corrected chi connectivity index (χ0v) is 14.3. The van der Waals surface area contributed by atoms with Gasteiger partial charge in [0.05, 0.1) is 17.1 Å². The number of aromatic amines is 1. The molecule has 0 fully saturated rings. The van der Waals surface area contributed by atoms with Crippen LogP contribution in [0.25, 0.3) is 33.7 Å². The van der Waals surface area contributed by atoms with Crippen LogP contribution in [-0.2, 0) is 0 Å². The average molecular weight is 348 g/mol. The third-order valence-corrected chi connectivity index (χ3v) is 3.86. The molecular formula is C19H16N4O3. The van der Waals surface area contributed by atoms with Gasteiger partial charge in [-0.05, 0) is 48.5 Å². The summed E-state index contributed by atoms with van der Waals surface area (Å²) in [6, 6.07) is 14.2. The van der Waals surface area contributed by atoms with Crippen LogP contribution >= 0.6 is 0 Å². The van der Waals surface area contributed by atoms with Crippen LogP contribution in [0.4, 0.5) is 0 Å². The number of fused-ring (bicyclic) bond motifs is 1. The van der Waals surface area contributed by atoms with E-state index in [9.17, 15) is 4.79 Å². The molecule has 0 aliphatic rings. The van der Waals surface area contributed by atoms with Crippen molar-refractivity contribution in [2.45, 2.75) is 20.0 Å². The smallest absolute Gasteiger partial charge is 0.193 e. The molecule has 0 saturated carbocycles. The summed E-state index contributed by atoms with van der Waals surface area (Å²) in [6.07, 6.45) is 0.00823. The normalized spacial score (nSPS) is 11.2. The minimum Gasteiger partial charge on any atom is -0.490 e. The Morgan fingerprint density at radius 1 is 1.12 bits per heavy atom. The van der Waals surface area contributed by atoms with E-state index in [1.54, 1.807) is 18.2 Å². The van der Waals surface area contributed by atoms with Crippen molar-refractivity contribution in [3.05, 3.63) is 58.8 Å².